The zero-order valence-corrected chi connectivity index (χ0v) is 11.6. The summed E-state index contributed by atoms with van der Waals surface area (Å²) >= 11 is 0. The van der Waals surface area contributed by atoms with Crippen LogP contribution >= 0.6 is 0 Å². The van der Waals surface area contributed by atoms with Crippen LogP contribution in [0.3, 0.4) is 0 Å². The zero-order valence-electron chi connectivity index (χ0n) is 11.6. The van der Waals surface area contributed by atoms with Crippen molar-refractivity contribution in [2.45, 2.75) is 26.9 Å². The van der Waals surface area contributed by atoms with Gasteiger partial charge in [-0.25, -0.2) is 0 Å². The van der Waals surface area contributed by atoms with E-state index in [1.165, 1.54) is 0 Å². The Balaban J connectivity index is 2.08. The maximum absolute atomic E-state index is 5.89. The topological polar surface area (TPSA) is 47.3 Å². The number of nitrogens with two attached hydrogens (primary N) is 1. The lowest BCUT2D eigenvalue weighted by molar-refractivity contribution is 0.242. The summed E-state index contributed by atoms with van der Waals surface area (Å²) in [4.78, 5) is 0. The maximum Gasteiger partial charge on any atom is 0.119 e. The number of aryl methyl sites for hydroxylation is 1. The fourth-order valence-electron chi connectivity index (χ4n) is 1.77. The van der Waals surface area contributed by atoms with Crippen LogP contribution in [0.5, 0.6) is 5.75 Å². The van der Waals surface area contributed by atoms with Crippen molar-refractivity contribution in [3.8, 4) is 5.75 Å². The fourth-order valence-corrected chi connectivity index (χ4v) is 1.77. The molecule has 0 aromatic heterocycles. The smallest absolute Gasteiger partial charge is 0.119 e. The minimum absolute atomic E-state index is 0.190. The summed E-state index contributed by atoms with van der Waals surface area (Å²) in [6.45, 7) is 6.03. The lowest BCUT2D eigenvalue weighted by atomic mass is 10.2. The molecule has 0 unspecified atom stereocenters. The first-order valence-corrected chi connectivity index (χ1v) is 6.44. The van der Waals surface area contributed by atoms with Crippen molar-refractivity contribution >= 4 is 17.1 Å². The highest BCUT2D eigenvalue weighted by atomic mass is 16.5. The molecule has 3 heteroatoms. The number of nitrogens with one attached hydrogen (secondary N) is 1. The minimum atomic E-state index is 0.190. The lowest BCUT2D eigenvalue weighted by Gasteiger charge is -2.11. The van der Waals surface area contributed by atoms with Gasteiger partial charge in [0.15, 0.2) is 0 Å². The fraction of sp³-hybridized carbons (Fsp3) is 0.250. The van der Waals surface area contributed by atoms with E-state index in [0.29, 0.717) is 0 Å². The number of hydrogen-bond donors (Lipinski definition) is 2. The highest BCUT2D eigenvalue weighted by Gasteiger charge is 2.00. The molecule has 2 aromatic rings. The van der Waals surface area contributed by atoms with E-state index in [0.717, 1.165) is 28.4 Å². The molecule has 0 saturated carbocycles. The van der Waals surface area contributed by atoms with E-state index >= 15 is 0 Å². The van der Waals surface area contributed by atoms with E-state index in [4.69, 9.17) is 10.5 Å². The molecule has 0 heterocycles. The van der Waals surface area contributed by atoms with Gasteiger partial charge < -0.3 is 15.8 Å². The Morgan fingerprint density at radius 3 is 2.21 bits per heavy atom. The predicted octanol–water partition coefficient (Wildman–Crippen LogP) is 4.11. The standard InChI is InChI=1S/C16H20N2O/c1-11(2)19-15-8-6-13(7-9-15)18-14-5-4-12(3)16(17)10-14/h4-11,18H,17H2,1-3H3. The SMILES string of the molecule is Cc1ccc(Nc2ccc(OC(C)C)cc2)cc1N. The van der Waals surface area contributed by atoms with Crippen LogP contribution in [0.25, 0.3) is 0 Å². The van der Waals surface area contributed by atoms with Gasteiger partial charge in [-0.15, -0.1) is 0 Å². The Morgan fingerprint density at radius 2 is 1.63 bits per heavy atom. The number of rotatable bonds is 4. The zero-order chi connectivity index (χ0) is 13.8. The Hall–Kier alpha value is -2.16. The molecule has 0 spiro atoms. The molecule has 0 atom stereocenters. The average molecular weight is 256 g/mol. The van der Waals surface area contributed by atoms with E-state index in [2.05, 4.69) is 5.32 Å². The second-order valence-electron chi connectivity index (χ2n) is 4.89. The molecule has 0 aliphatic heterocycles. The maximum atomic E-state index is 5.89. The Bertz CT molecular complexity index is 547. The molecule has 0 aliphatic carbocycles. The van der Waals surface area contributed by atoms with Crippen molar-refractivity contribution in [2.24, 2.45) is 0 Å². The van der Waals surface area contributed by atoms with Gasteiger partial charge in [0.1, 0.15) is 5.75 Å². The predicted molar refractivity (Wildman–Crippen MR) is 81.1 cm³/mol. The van der Waals surface area contributed by atoms with E-state index in [1.54, 1.807) is 0 Å². The summed E-state index contributed by atoms with van der Waals surface area (Å²) in [6.07, 6.45) is 0.190. The van der Waals surface area contributed by atoms with Gasteiger partial charge in [0.05, 0.1) is 6.10 Å². The largest absolute Gasteiger partial charge is 0.491 e. The van der Waals surface area contributed by atoms with Crippen molar-refractivity contribution < 1.29 is 4.74 Å². The number of anilines is 3. The summed E-state index contributed by atoms with van der Waals surface area (Å²) in [5.74, 6) is 0.879. The first kappa shape index (κ1) is 13.3. The molecule has 100 valence electrons. The molecule has 0 amide bonds. The van der Waals surface area contributed by atoms with Crippen molar-refractivity contribution in [1.29, 1.82) is 0 Å². The highest BCUT2D eigenvalue weighted by molar-refractivity contribution is 5.65. The third kappa shape index (κ3) is 3.65. The van der Waals surface area contributed by atoms with Gasteiger partial charge >= 0.3 is 0 Å². The quantitative estimate of drug-likeness (QED) is 0.809. The molecule has 3 N–H and O–H groups in total. The van der Waals surface area contributed by atoms with Gasteiger partial charge in [0.2, 0.25) is 0 Å². The normalized spacial score (nSPS) is 10.5. The Morgan fingerprint density at radius 1 is 1.00 bits per heavy atom. The number of hydrogen-bond acceptors (Lipinski definition) is 3. The first-order valence-electron chi connectivity index (χ1n) is 6.44. The molecule has 0 fully saturated rings. The molecule has 0 radical (unpaired) electrons. The number of benzene rings is 2. The monoisotopic (exact) mass is 256 g/mol. The van der Waals surface area contributed by atoms with Crippen LogP contribution < -0.4 is 15.8 Å². The molecule has 2 aromatic carbocycles. The third-order valence-electron chi connectivity index (χ3n) is 2.79. The molecule has 19 heavy (non-hydrogen) atoms. The summed E-state index contributed by atoms with van der Waals surface area (Å²) in [5, 5.41) is 3.32. The molecule has 0 aliphatic rings. The van der Waals surface area contributed by atoms with Gasteiger partial charge in [0.25, 0.3) is 0 Å². The Labute approximate surface area is 114 Å². The molecule has 3 nitrogen and oxygen atoms in total. The lowest BCUT2D eigenvalue weighted by Crippen LogP contribution is -2.05. The third-order valence-corrected chi connectivity index (χ3v) is 2.79. The minimum Gasteiger partial charge on any atom is -0.491 e. The van der Waals surface area contributed by atoms with Crippen LogP contribution in [0.1, 0.15) is 19.4 Å². The van der Waals surface area contributed by atoms with Crippen LogP contribution in [0.15, 0.2) is 42.5 Å². The van der Waals surface area contributed by atoms with Gasteiger partial charge in [-0.05, 0) is 62.7 Å². The van der Waals surface area contributed by atoms with Crippen molar-refractivity contribution in [3.05, 3.63) is 48.0 Å². The van der Waals surface area contributed by atoms with E-state index in [-0.39, 0.29) is 6.10 Å². The molecule has 0 bridgehead atoms. The summed E-state index contributed by atoms with van der Waals surface area (Å²) in [7, 11) is 0. The van der Waals surface area contributed by atoms with Crippen LogP contribution in [-0.4, -0.2) is 6.10 Å². The Kier molecular flexibility index (Phi) is 3.95. The van der Waals surface area contributed by atoms with E-state index in [9.17, 15) is 0 Å². The van der Waals surface area contributed by atoms with Crippen molar-refractivity contribution in [2.75, 3.05) is 11.1 Å². The van der Waals surface area contributed by atoms with Gasteiger partial charge in [0, 0.05) is 17.1 Å². The van der Waals surface area contributed by atoms with E-state index < -0.39 is 0 Å². The van der Waals surface area contributed by atoms with Crippen LogP contribution in [0.2, 0.25) is 0 Å². The number of ether oxygens (including phenoxy) is 1. The summed E-state index contributed by atoms with van der Waals surface area (Å²) < 4.78 is 5.61. The van der Waals surface area contributed by atoms with Gasteiger partial charge in [-0.1, -0.05) is 6.07 Å². The van der Waals surface area contributed by atoms with Crippen molar-refractivity contribution in [1.82, 2.24) is 0 Å². The van der Waals surface area contributed by atoms with Gasteiger partial charge in [-0.2, -0.15) is 0 Å². The van der Waals surface area contributed by atoms with Crippen LogP contribution in [0.4, 0.5) is 17.1 Å². The molecular weight excluding hydrogens is 236 g/mol. The second kappa shape index (κ2) is 5.65. The first-order chi connectivity index (χ1) is 9.04. The molecule has 0 saturated heterocycles. The van der Waals surface area contributed by atoms with Gasteiger partial charge in [-0.3, -0.25) is 0 Å². The second-order valence-corrected chi connectivity index (χ2v) is 4.89. The summed E-state index contributed by atoms with van der Waals surface area (Å²) in [6, 6.07) is 13.9. The summed E-state index contributed by atoms with van der Waals surface area (Å²) in [5.41, 5.74) is 9.78. The van der Waals surface area contributed by atoms with E-state index in [1.807, 2.05) is 63.2 Å². The average Bonchev–Trinajstić information content (AvgIpc) is 2.36. The number of nitrogen functional groups attached to an aromatic ring is 1. The molecule has 2 rings (SSSR count). The molecular formula is C16H20N2O. The van der Waals surface area contributed by atoms with Crippen LogP contribution in [0, 0.1) is 6.92 Å². The van der Waals surface area contributed by atoms with Crippen LogP contribution in [-0.2, 0) is 0 Å². The van der Waals surface area contributed by atoms with Crippen molar-refractivity contribution in [3.63, 3.8) is 0 Å². The highest BCUT2D eigenvalue weighted by Crippen LogP contribution is 2.23.